The fourth-order valence-electron chi connectivity index (χ4n) is 2.01. The zero-order chi connectivity index (χ0) is 15.8. The van der Waals surface area contributed by atoms with Crippen LogP contribution >= 0.6 is 0 Å². The molecule has 0 unspecified atom stereocenters. The van der Waals surface area contributed by atoms with E-state index >= 15 is 0 Å². The van der Waals surface area contributed by atoms with E-state index in [0.29, 0.717) is 5.56 Å². The molecule has 0 bridgehead atoms. The minimum absolute atomic E-state index is 0.125. The van der Waals surface area contributed by atoms with Crippen LogP contribution in [0.2, 0.25) is 0 Å². The Morgan fingerprint density at radius 2 is 1.59 bits per heavy atom. The van der Waals surface area contributed by atoms with Crippen LogP contribution in [0.25, 0.3) is 0 Å². The third-order valence-electron chi connectivity index (χ3n) is 3.08. The maximum atomic E-state index is 11.8. The van der Waals surface area contributed by atoms with Gasteiger partial charge in [-0.3, -0.25) is 0 Å². The Balaban J connectivity index is 1.95. The van der Waals surface area contributed by atoms with Crippen molar-refractivity contribution in [2.75, 3.05) is 0 Å². The third-order valence-corrected chi connectivity index (χ3v) is 3.08. The van der Waals surface area contributed by atoms with Crippen molar-refractivity contribution >= 4 is 12.1 Å². The van der Waals surface area contributed by atoms with Crippen molar-refractivity contribution in [3.8, 4) is 0 Å². The van der Waals surface area contributed by atoms with Gasteiger partial charge in [-0.25, -0.2) is 4.79 Å². The molecule has 0 aromatic heterocycles. The minimum atomic E-state index is -1.24. The van der Waals surface area contributed by atoms with Crippen LogP contribution in [0.1, 0.15) is 23.6 Å². The number of aliphatic carboxylic acids is 1. The molecule has 1 amide bonds. The number of carbonyl (C=O) groups is 2. The second kappa shape index (κ2) is 7.83. The normalized spacial score (nSPS) is 11.5. The number of carboxylic acids is 1. The van der Waals surface area contributed by atoms with Gasteiger partial charge in [0.05, 0.1) is 6.04 Å². The van der Waals surface area contributed by atoms with Gasteiger partial charge in [0, 0.05) is 12.4 Å². The first-order valence-corrected chi connectivity index (χ1v) is 6.87. The van der Waals surface area contributed by atoms with Crippen LogP contribution in [-0.4, -0.2) is 12.1 Å². The van der Waals surface area contributed by atoms with Gasteiger partial charge in [0.25, 0.3) is 0 Å². The van der Waals surface area contributed by atoms with E-state index in [1.54, 1.807) is 24.3 Å². The lowest BCUT2D eigenvalue weighted by molar-refractivity contribution is -0.306. The summed E-state index contributed by atoms with van der Waals surface area (Å²) in [5.74, 6) is -1.24. The molecule has 0 spiro atoms. The SMILES string of the molecule is O=C([O-])C[C@H](NC(=O)OCc1ccccc1)c1ccccc1. The highest BCUT2D eigenvalue weighted by atomic mass is 16.5. The molecule has 0 aliphatic rings. The monoisotopic (exact) mass is 298 g/mol. The van der Waals surface area contributed by atoms with Crippen LogP contribution in [0.15, 0.2) is 60.7 Å². The van der Waals surface area contributed by atoms with E-state index in [9.17, 15) is 14.7 Å². The van der Waals surface area contributed by atoms with Gasteiger partial charge in [0.2, 0.25) is 0 Å². The van der Waals surface area contributed by atoms with Gasteiger partial charge >= 0.3 is 6.09 Å². The molecule has 5 heteroatoms. The van der Waals surface area contributed by atoms with Crippen LogP contribution in [0.3, 0.4) is 0 Å². The number of benzene rings is 2. The highest BCUT2D eigenvalue weighted by Gasteiger charge is 2.15. The Morgan fingerprint density at radius 1 is 1.00 bits per heavy atom. The van der Waals surface area contributed by atoms with Gasteiger partial charge in [0.15, 0.2) is 0 Å². The predicted octanol–water partition coefficient (Wildman–Crippen LogP) is 1.79. The number of carbonyl (C=O) groups excluding carboxylic acids is 2. The average Bonchev–Trinajstić information content (AvgIpc) is 2.54. The molecule has 0 fully saturated rings. The Hall–Kier alpha value is -2.82. The molecule has 1 atom stereocenters. The zero-order valence-electron chi connectivity index (χ0n) is 11.9. The highest BCUT2D eigenvalue weighted by molar-refractivity contribution is 5.71. The van der Waals surface area contributed by atoms with E-state index in [4.69, 9.17) is 4.74 Å². The number of hydrogen-bond donors (Lipinski definition) is 1. The largest absolute Gasteiger partial charge is 0.550 e. The molecule has 1 N–H and O–H groups in total. The predicted molar refractivity (Wildman–Crippen MR) is 78.6 cm³/mol. The van der Waals surface area contributed by atoms with Crippen molar-refractivity contribution in [3.05, 3.63) is 71.8 Å². The fraction of sp³-hybridized carbons (Fsp3) is 0.176. The summed E-state index contributed by atoms with van der Waals surface area (Å²) in [7, 11) is 0. The van der Waals surface area contributed by atoms with Crippen LogP contribution < -0.4 is 10.4 Å². The highest BCUT2D eigenvalue weighted by Crippen LogP contribution is 2.16. The first kappa shape index (κ1) is 15.6. The molecule has 0 saturated carbocycles. The lowest BCUT2D eigenvalue weighted by Gasteiger charge is -2.19. The van der Waals surface area contributed by atoms with Crippen LogP contribution in [0, 0.1) is 0 Å². The molecule has 0 heterocycles. The zero-order valence-corrected chi connectivity index (χ0v) is 11.9. The molecule has 0 aliphatic heterocycles. The van der Waals surface area contributed by atoms with E-state index in [-0.39, 0.29) is 13.0 Å². The van der Waals surface area contributed by atoms with E-state index < -0.39 is 18.1 Å². The van der Waals surface area contributed by atoms with Crippen LogP contribution in [0.5, 0.6) is 0 Å². The Kier molecular flexibility index (Phi) is 5.54. The summed E-state index contributed by atoms with van der Waals surface area (Å²) >= 11 is 0. The molecule has 22 heavy (non-hydrogen) atoms. The first-order chi connectivity index (χ1) is 10.6. The summed E-state index contributed by atoms with van der Waals surface area (Å²) in [5.41, 5.74) is 1.54. The standard InChI is InChI=1S/C17H17NO4/c19-16(20)11-15(14-9-5-2-6-10-14)18-17(21)22-12-13-7-3-1-4-8-13/h1-10,15H,11-12H2,(H,18,21)(H,19,20)/p-1/t15-/m0/s1. The number of hydrogen-bond acceptors (Lipinski definition) is 4. The lowest BCUT2D eigenvalue weighted by Crippen LogP contribution is -2.34. The molecule has 2 aromatic carbocycles. The van der Waals surface area contributed by atoms with Gasteiger partial charge in [-0.2, -0.15) is 0 Å². The number of ether oxygens (including phenoxy) is 1. The van der Waals surface area contributed by atoms with Crippen molar-refractivity contribution in [1.82, 2.24) is 5.32 Å². The maximum absolute atomic E-state index is 11.8. The molecule has 5 nitrogen and oxygen atoms in total. The number of nitrogens with one attached hydrogen (secondary N) is 1. The number of alkyl carbamates (subject to hydrolysis) is 1. The van der Waals surface area contributed by atoms with Crippen molar-refractivity contribution in [2.24, 2.45) is 0 Å². The Labute approximate surface area is 128 Å². The van der Waals surface area contributed by atoms with E-state index in [0.717, 1.165) is 5.56 Å². The average molecular weight is 298 g/mol. The van der Waals surface area contributed by atoms with Gasteiger partial charge in [-0.1, -0.05) is 60.7 Å². The molecule has 0 radical (unpaired) electrons. The molecular formula is C17H16NO4-. The third kappa shape index (κ3) is 4.94. The molecule has 2 aromatic rings. The molecule has 0 saturated heterocycles. The maximum Gasteiger partial charge on any atom is 0.407 e. The number of amides is 1. The van der Waals surface area contributed by atoms with E-state index in [1.165, 1.54) is 0 Å². The summed E-state index contributed by atoms with van der Waals surface area (Å²) in [5, 5.41) is 13.4. The van der Waals surface area contributed by atoms with Gasteiger partial charge in [-0.05, 0) is 11.1 Å². The quantitative estimate of drug-likeness (QED) is 0.882. The lowest BCUT2D eigenvalue weighted by atomic mass is 10.0. The first-order valence-electron chi connectivity index (χ1n) is 6.87. The van der Waals surface area contributed by atoms with Crippen LogP contribution in [-0.2, 0) is 16.1 Å². The van der Waals surface area contributed by atoms with Crippen LogP contribution in [0.4, 0.5) is 4.79 Å². The summed E-state index contributed by atoms with van der Waals surface area (Å²) in [6.45, 7) is 0.125. The topological polar surface area (TPSA) is 78.5 Å². The van der Waals surface area contributed by atoms with Crippen molar-refractivity contribution in [2.45, 2.75) is 19.1 Å². The smallest absolute Gasteiger partial charge is 0.407 e. The molecule has 2 rings (SSSR count). The fourth-order valence-corrected chi connectivity index (χ4v) is 2.01. The second-order valence-corrected chi connectivity index (χ2v) is 4.75. The van der Waals surface area contributed by atoms with Crippen molar-refractivity contribution < 1.29 is 19.4 Å². The van der Waals surface area contributed by atoms with E-state index in [1.807, 2.05) is 36.4 Å². The van der Waals surface area contributed by atoms with Crippen molar-refractivity contribution in [3.63, 3.8) is 0 Å². The summed E-state index contributed by atoms with van der Waals surface area (Å²) in [6, 6.07) is 17.4. The van der Waals surface area contributed by atoms with Crippen molar-refractivity contribution in [1.29, 1.82) is 0 Å². The molecular weight excluding hydrogens is 282 g/mol. The number of rotatable bonds is 6. The molecule has 114 valence electrons. The Bertz CT molecular complexity index is 613. The Morgan fingerprint density at radius 3 is 2.18 bits per heavy atom. The second-order valence-electron chi connectivity index (χ2n) is 4.75. The summed E-state index contributed by atoms with van der Waals surface area (Å²) in [6.07, 6.45) is -0.983. The van der Waals surface area contributed by atoms with Gasteiger partial charge in [-0.15, -0.1) is 0 Å². The van der Waals surface area contributed by atoms with Gasteiger partial charge in [0.1, 0.15) is 6.61 Å². The summed E-state index contributed by atoms with van der Waals surface area (Å²) < 4.78 is 5.10. The van der Waals surface area contributed by atoms with Gasteiger partial charge < -0.3 is 20.0 Å². The molecule has 0 aliphatic carbocycles. The minimum Gasteiger partial charge on any atom is -0.550 e. The number of carboxylic acid groups (broad SMARTS) is 1. The van der Waals surface area contributed by atoms with E-state index in [2.05, 4.69) is 5.32 Å². The summed E-state index contributed by atoms with van der Waals surface area (Å²) in [4.78, 5) is 22.7.